The molecule has 132 valence electrons. The van der Waals surface area contributed by atoms with E-state index in [0.717, 1.165) is 6.07 Å². The zero-order valence-electron chi connectivity index (χ0n) is 13.3. The molecule has 0 spiro atoms. The van der Waals surface area contributed by atoms with Crippen molar-refractivity contribution in [3.05, 3.63) is 58.1 Å². The van der Waals surface area contributed by atoms with E-state index in [4.69, 9.17) is 4.74 Å². The highest BCUT2D eigenvalue weighted by molar-refractivity contribution is 7.89. The summed E-state index contributed by atoms with van der Waals surface area (Å²) in [5.74, 6) is -0.442. The van der Waals surface area contributed by atoms with Crippen molar-refractivity contribution in [1.29, 1.82) is 0 Å². The second kappa shape index (κ2) is 7.28. The lowest BCUT2D eigenvalue weighted by Crippen LogP contribution is -2.18. The van der Waals surface area contributed by atoms with Gasteiger partial charge in [-0.2, -0.15) is 0 Å². The number of nitro groups is 1. The second-order valence-corrected chi connectivity index (χ2v) is 6.71. The number of amides is 1. The Hall–Kier alpha value is -2.98. The summed E-state index contributed by atoms with van der Waals surface area (Å²) in [5.41, 5.74) is 0.0682. The molecule has 25 heavy (non-hydrogen) atoms. The molecule has 0 aliphatic rings. The van der Waals surface area contributed by atoms with Gasteiger partial charge in [0, 0.05) is 17.8 Å². The van der Waals surface area contributed by atoms with Gasteiger partial charge >= 0.3 is 0 Å². The molecule has 1 amide bonds. The largest absolute Gasteiger partial charge is 0.496 e. The molecule has 10 heteroatoms. The number of rotatable bonds is 6. The highest BCUT2D eigenvalue weighted by Crippen LogP contribution is 2.25. The summed E-state index contributed by atoms with van der Waals surface area (Å²) in [5, 5.41) is 13.4. The van der Waals surface area contributed by atoms with Crippen molar-refractivity contribution in [2.75, 3.05) is 19.5 Å². The third kappa shape index (κ3) is 4.11. The molecular formula is C15H15N3O6S. The first-order valence-corrected chi connectivity index (χ1v) is 8.44. The monoisotopic (exact) mass is 365 g/mol. The van der Waals surface area contributed by atoms with Gasteiger partial charge in [0.15, 0.2) is 0 Å². The van der Waals surface area contributed by atoms with Crippen molar-refractivity contribution < 1.29 is 22.9 Å². The number of nitrogens with zero attached hydrogens (tertiary/aromatic N) is 1. The smallest absolute Gasteiger partial charge is 0.270 e. The number of methoxy groups -OCH3 is 1. The maximum atomic E-state index is 12.4. The van der Waals surface area contributed by atoms with E-state index < -0.39 is 20.9 Å². The van der Waals surface area contributed by atoms with Gasteiger partial charge in [-0.1, -0.05) is 0 Å². The van der Waals surface area contributed by atoms with Crippen molar-refractivity contribution >= 4 is 27.3 Å². The topological polar surface area (TPSA) is 128 Å². The molecule has 0 fully saturated rings. The first-order valence-electron chi connectivity index (χ1n) is 6.96. The fourth-order valence-electron chi connectivity index (χ4n) is 2.02. The number of nitrogens with one attached hydrogen (secondary N) is 2. The third-order valence-electron chi connectivity index (χ3n) is 3.33. The summed E-state index contributed by atoms with van der Waals surface area (Å²) in [6.45, 7) is 0. The third-order valence-corrected chi connectivity index (χ3v) is 4.76. The van der Waals surface area contributed by atoms with Gasteiger partial charge in [-0.3, -0.25) is 14.9 Å². The second-order valence-electron chi connectivity index (χ2n) is 4.83. The molecule has 0 bridgehead atoms. The SMILES string of the molecule is CNS(=O)(=O)c1ccc(NC(=O)c2cc([N+](=O)[O-])ccc2OC)cc1. The molecule has 2 rings (SSSR count). The zero-order valence-corrected chi connectivity index (χ0v) is 14.2. The van der Waals surface area contributed by atoms with E-state index in [1.165, 1.54) is 50.6 Å². The fourth-order valence-corrected chi connectivity index (χ4v) is 2.75. The van der Waals surface area contributed by atoms with E-state index in [1.54, 1.807) is 0 Å². The van der Waals surface area contributed by atoms with Crippen molar-refractivity contribution in [3.8, 4) is 5.75 Å². The van der Waals surface area contributed by atoms with E-state index >= 15 is 0 Å². The Morgan fingerprint density at radius 1 is 1.16 bits per heavy atom. The van der Waals surface area contributed by atoms with Gasteiger partial charge in [0.2, 0.25) is 10.0 Å². The minimum absolute atomic E-state index is 0.0105. The number of sulfonamides is 1. The summed E-state index contributed by atoms with van der Waals surface area (Å²) >= 11 is 0. The minimum atomic E-state index is -3.58. The summed E-state index contributed by atoms with van der Waals surface area (Å²) < 4.78 is 30.6. The van der Waals surface area contributed by atoms with Crippen molar-refractivity contribution in [2.24, 2.45) is 0 Å². The summed E-state index contributed by atoms with van der Waals surface area (Å²) in [6, 6.07) is 9.13. The van der Waals surface area contributed by atoms with Crippen LogP contribution in [0.25, 0.3) is 0 Å². The lowest BCUT2D eigenvalue weighted by atomic mass is 10.1. The van der Waals surface area contributed by atoms with Crippen molar-refractivity contribution in [3.63, 3.8) is 0 Å². The van der Waals surface area contributed by atoms with E-state index in [0.29, 0.717) is 5.69 Å². The predicted molar refractivity (Wildman–Crippen MR) is 90.3 cm³/mol. The average molecular weight is 365 g/mol. The normalized spacial score (nSPS) is 11.0. The Morgan fingerprint density at radius 2 is 1.80 bits per heavy atom. The number of non-ortho nitro benzene ring substituents is 1. The molecule has 0 aliphatic carbocycles. The van der Waals surface area contributed by atoms with E-state index in [-0.39, 0.29) is 21.9 Å². The zero-order chi connectivity index (χ0) is 18.6. The molecule has 0 atom stereocenters. The summed E-state index contributed by atoms with van der Waals surface area (Å²) in [6.07, 6.45) is 0. The Morgan fingerprint density at radius 3 is 2.32 bits per heavy atom. The Balaban J connectivity index is 2.28. The van der Waals surface area contributed by atoms with Gasteiger partial charge in [0.25, 0.3) is 11.6 Å². The number of carbonyl (C=O) groups excluding carboxylic acids is 1. The van der Waals surface area contributed by atoms with Crippen LogP contribution >= 0.6 is 0 Å². The Bertz CT molecular complexity index is 909. The summed E-state index contributed by atoms with van der Waals surface area (Å²) in [7, 11) is -0.945. The minimum Gasteiger partial charge on any atom is -0.496 e. The Kier molecular flexibility index (Phi) is 5.35. The van der Waals surface area contributed by atoms with Gasteiger partial charge in [0.1, 0.15) is 5.75 Å². The molecule has 0 heterocycles. The standard InChI is InChI=1S/C15H15N3O6S/c1-16-25(22,23)12-6-3-10(4-7-12)17-15(19)13-9-11(18(20)21)5-8-14(13)24-2/h3-9,16H,1-2H3,(H,17,19). The number of benzene rings is 2. The molecule has 9 nitrogen and oxygen atoms in total. The highest BCUT2D eigenvalue weighted by Gasteiger charge is 2.18. The molecule has 0 unspecified atom stereocenters. The maximum Gasteiger partial charge on any atom is 0.270 e. The molecule has 0 saturated carbocycles. The van der Waals surface area contributed by atoms with Gasteiger partial charge in [-0.25, -0.2) is 13.1 Å². The van der Waals surface area contributed by atoms with Gasteiger partial charge in [-0.05, 0) is 37.4 Å². The van der Waals surface area contributed by atoms with Crippen LogP contribution in [0.4, 0.5) is 11.4 Å². The number of hydrogen-bond donors (Lipinski definition) is 2. The molecular weight excluding hydrogens is 350 g/mol. The van der Waals surface area contributed by atoms with E-state index in [1.807, 2.05) is 0 Å². The molecule has 2 aromatic rings. The van der Waals surface area contributed by atoms with Crippen LogP contribution < -0.4 is 14.8 Å². The lowest BCUT2D eigenvalue weighted by molar-refractivity contribution is -0.384. The molecule has 0 aromatic heterocycles. The number of ether oxygens (including phenoxy) is 1. The van der Waals surface area contributed by atoms with Crippen LogP contribution in [-0.4, -0.2) is 33.4 Å². The predicted octanol–water partition coefficient (Wildman–Crippen LogP) is 1.76. The van der Waals surface area contributed by atoms with Gasteiger partial charge in [0.05, 0.1) is 22.5 Å². The molecule has 2 N–H and O–H groups in total. The van der Waals surface area contributed by atoms with Crippen LogP contribution in [0.2, 0.25) is 0 Å². The van der Waals surface area contributed by atoms with Crippen LogP contribution in [0.15, 0.2) is 47.4 Å². The highest BCUT2D eigenvalue weighted by atomic mass is 32.2. The number of anilines is 1. The van der Waals surface area contributed by atoms with Gasteiger partial charge in [-0.15, -0.1) is 0 Å². The van der Waals surface area contributed by atoms with Crippen LogP contribution in [0.1, 0.15) is 10.4 Å². The van der Waals surface area contributed by atoms with Crippen LogP contribution in [0, 0.1) is 10.1 Å². The van der Waals surface area contributed by atoms with Crippen molar-refractivity contribution in [1.82, 2.24) is 4.72 Å². The average Bonchev–Trinajstić information content (AvgIpc) is 2.61. The lowest BCUT2D eigenvalue weighted by Gasteiger charge is -2.10. The van der Waals surface area contributed by atoms with Gasteiger partial charge < -0.3 is 10.1 Å². The molecule has 0 radical (unpaired) electrons. The number of nitro benzene ring substituents is 1. The van der Waals surface area contributed by atoms with Crippen LogP contribution in [0.3, 0.4) is 0 Å². The Labute approximate surface area is 143 Å². The van der Waals surface area contributed by atoms with Crippen LogP contribution in [-0.2, 0) is 10.0 Å². The van der Waals surface area contributed by atoms with Crippen LogP contribution in [0.5, 0.6) is 5.75 Å². The quantitative estimate of drug-likeness (QED) is 0.593. The fraction of sp³-hybridized carbons (Fsp3) is 0.133. The maximum absolute atomic E-state index is 12.4. The van der Waals surface area contributed by atoms with Crippen molar-refractivity contribution in [2.45, 2.75) is 4.90 Å². The first-order chi connectivity index (χ1) is 11.8. The molecule has 2 aromatic carbocycles. The molecule has 0 saturated heterocycles. The first kappa shape index (κ1) is 18.4. The van der Waals surface area contributed by atoms with E-state index in [9.17, 15) is 23.3 Å². The number of carbonyl (C=O) groups is 1. The summed E-state index contributed by atoms with van der Waals surface area (Å²) in [4.78, 5) is 22.7. The van der Waals surface area contributed by atoms with E-state index in [2.05, 4.69) is 10.0 Å². The number of hydrogen-bond acceptors (Lipinski definition) is 6. The molecule has 0 aliphatic heterocycles.